The summed E-state index contributed by atoms with van der Waals surface area (Å²) in [6, 6.07) is 15.5. The normalized spacial score (nSPS) is 13.1. The molecule has 0 fully saturated rings. The minimum atomic E-state index is -3.86. The van der Waals surface area contributed by atoms with Crippen LogP contribution in [0.3, 0.4) is 0 Å². The van der Waals surface area contributed by atoms with Crippen molar-refractivity contribution in [3.8, 4) is 0 Å². The summed E-state index contributed by atoms with van der Waals surface area (Å²) in [5.41, 5.74) is 8.59. The Balaban J connectivity index is 1.62. The van der Waals surface area contributed by atoms with Gasteiger partial charge in [0.05, 0.1) is 11.5 Å². The Bertz CT molecular complexity index is 1430. The van der Waals surface area contributed by atoms with E-state index < -0.39 is 22.1 Å². The van der Waals surface area contributed by atoms with Gasteiger partial charge in [0, 0.05) is 49.2 Å². The molecule has 2 amide bonds. The van der Waals surface area contributed by atoms with E-state index in [0.29, 0.717) is 43.5 Å². The van der Waals surface area contributed by atoms with Crippen molar-refractivity contribution >= 4 is 27.5 Å². The lowest BCUT2D eigenvalue weighted by Crippen LogP contribution is -2.48. The first-order chi connectivity index (χ1) is 20.5. The van der Waals surface area contributed by atoms with E-state index in [1.54, 1.807) is 24.3 Å². The number of amides is 2. The molecule has 3 aromatic rings. The zero-order valence-corrected chi connectivity index (χ0v) is 25.9. The largest absolute Gasteiger partial charge is 0.399 e. The molecule has 0 bridgehead atoms. The van der Waals surface area contributed by atoms with Crippen LogP contribution in [-0.2, 0) is 21.2 Å². The molecule has 232 valence electrons. The Hall–Kier alpha value is -3.80. The van der Waals surface area contributed by atoms with Crippen molar-refractivity contribution in [3.05, 3.63) is 89.7 Å². The molecule has 43 heavy (non-hydrogen) atoms. The predicted molar refractivity (Wildman–Crippen MR) is 168 cm³/mol. The Kier molecular flexibility index (Phi) is 12.7. The molecule has 2 aromatic carbocycles. The molecule has 1 aromatic heterocycles. The van der Waals surface area contributed by atoms with Crippen molar-refractivity contribution in [1.29, 1.82) is 0 Å². The van der Waals surface area contributed by atoms with Crippen LogP contribution in [0, 0.1) is 12.8 Å². The third kappa shape index (κ3) is 9.87. The minimum absolute atomic E-state index is 0.0458. The fraction of sp³-hybridized carbons (Fsp3) is 0.406. The Morgan fingerprint density at radius 1 is 1.00 bits per heavy atom. The summed E-state index contributed by atoms with van der Waals surface area (Å²) in [7, 11) is -3.86. The van der Waals surface area contributed by atoms with Gasteiger partial charge in [-0.25, -0.2) is 8.42 Å². The van der Waals surface area contributed by atoms with Crippen LogP contribution in [0.5, 0.6) is 0 Å². The molecule has 2 atom stereocenters. The monoisotopic (exact) mass is 609 g/mol. The number of benzene rings is 2. The van der Waals surface area contributed by atoms with E-state index >= 15 is 0 Å². The van der Waals surface area contributed by atoms with Gasteiger partial charge in [0.15, 0.2) is 0 Å². The molecule has 0 unspecified atom stereocenters. The van der Waals surface area contributed by atoms with E-state index in [1.807, 2.05) is 45.0 Å². The third-order valence-corrected chi connectivity index (χ3v) is 9.10. The lowest BCUT2D eigenvalue weighted by atomic mass is 10.00. The number of sulfonamides is 1. The first-order valence-corrected chi connectivity index (χ1v) is 16.0. The summed E-state index contributed by atoms with van der Waals surface area (Å²) in [6.45, 7) is 6.08. The molecule has 0 radical (unpaired) electrons. The van der Waals surface area contributed by atoms with Crippen molar-refractivity contribution in [1.82, 2.24) is 19.9 Å². The number of hydrogen-bond donors (Lipinski definition) is 4. The SMILES string of the molecule is Cc1ccccc1C[C@H](NC(=O)c1ccncc1)C(=O)NCCCC[C@@H](CO)N(CC(C)C)S(=O)(=O)c1ccc(N)cc1. The summed E-state index contributed by atoms with van der Waals surface area (Å²) >= 11 is 0. The molecule has 0 saturated carbocycles. The van der Waals surface area contributed by atoms with Crippen LogP contribution in [0.25, 0.3) is 0 Å². The highest BCUT2D eigenvalue weighted by Crippen LogP contribution is 2.23. The summed E-state index contributed by atoms with van der Waals surface area (Å²) in [5.74, 6) is -0.629. The lowest BCUT2D eigenvalue weighted by molar-refractivity contribution is -0.122. The van der Waals surface area contributed by atoms with Crippen LogP contribution >= 0.6 is 0 Å². The molecule has 11 heteroatoms. The van der Waals surface area contributed by atoms with Gasteiger partial charge in [0.25, 0.3) is 5.91 Å². The molecule has 0 saturated heterocycles. The molecule has 0 aliphatic rings. The molecule has 0 aliphatic carbocycles. The van der Waals surface area contributed by atoms with Gasteiger partial charge >= 0.3 is 0 Å². The number of aliphatic hydroxyl groups is 1. The second-order valence-electron chi connectivity index (χ2n) is 11.1. The lowest BCUT2D eigenvalue weighted by Gasteiger charge is -2.31. The number of aliphatic hydroxyl groups excluding tert-OH is 1. The summed E-state index contributed by atoms with van der Waals surface area (Å²) in [6.07, 6.45) is 4.93. The maximum atomic E-state index is 13.5. The Morgan fingerprint density at radius 2 is 1.67 bits per heavy atom. The number of nitrogen functional groups attached to an aromatic ring is 1. The molecular formula is C32H43N5O5S. The molecule has 10 nitrogen and oxygen atoms in total. The average molecular weight is 610 g/mol. The zero-order valence-electron chi connectivity index (χ0n) is 25.1. The zero-order chi connectivity index (χ0) is 31.4. The summed E-state index contributed by atoms with van der Waals surface area (Å²) < 4.78 is 28.3. The van der Waals surface area contributed by atoms with Crippen LogP contribution in [0.15, 0.2) is 78.0 Å². The van der Waals surface area contributed by atoms with Crippen molar-refractivity contribution in [2.45, 2.75) is 63.4 Å². The fourth-order valence-electron chi connectivity index (χ4n) is 4.76. The number of aromatic nitrogens is 1. The van der Waals surface area contributed by atoms with Crippen LogP contribution in [-0.4, -0.2) is 66.4 Å². The maximum absolute atomic E-state index is 13.5. The van der Waals surface area contributed by atoms with Crippen LogP contribution in [0.2, 0.25) is 0 Å². The number of anilines is 1. The predicted octanol–water partition coefficient (Wildman–Crippen LogP) is 3.31. The smallest absolute Gasteiger partial charge is 0.252 e. The first kappa shape index (κ1) is 33.7. The molecule has 0 spiro atoms. The van der Waals surface area contributed by atoms with Gasteiger partial charge in [-0.15, -0.1) is 0 Å². The number of carbonyl (C=O) groups is 2. The average Bonchev–Trinajstić information content (AvgIpc) is 2.99. The van der Waals surface area contributed by atoms with E-state index in [4.69, 9.17) is 5.73 Å². The van der Waals surface area contributed by atoms with Gasteiger partial charge in [-0.2, -0.15) is 4.31 Å². The third-order valence-electron chi connectivity index (χ3n) is 7.16. The van der Waals surface area contributed by atoms with Gasteiger partial charge in [0.2, 0.25) is 15.9 Å². The van der Waals surface area contributed by atoms with Crippen LogP contribution < -0.4 is 16.4 Å². The second kappa shape index (κ2) is 16.2. The van der Waals surface area contributed by atoms with E-state index in [2.05, 4.69) is 15.6 Å². The molecular weight excluding hydrogens is 566 g/mol. The maximum Gasteiger partial charge on any atom is 0.252 e. The topological polar surface area (TPSA) is 155 Å². The number of nitrogens with zero attached hydrogens (tertiary/aromatic N) is 2. The minimum Gasteiger partial charge on any atom is -0.399 e. The van der Waals surface area contributed by atoms with Crippen LogP contribution in [0.1, 0.15) is 54.6 Å². The van der Waals surface area contributed by atoms with Gasteiger partial charge < -0.3 is 21.5 Å². The van der Waals surface area contributed by atoms with Crippen molar-refractivity contribution in [2.75, 3.05) is 25.4 Å². The molecule has 0 aliphatic heterocycles. The number of nitrogens with two attached hydrogens (primary N) is 1. The Morgan fingerprint density at radius 3 is 2.30 bits per heavy atom. The fourth-order valence-corrected chi connectivity index (χ4v) is 6.57. The summed E-state index contributed by atoms with van der Waals surface area (Å²) in [5, 5.41) is 16.0. The van der Waals surface area contributed by atoms with E-state index in [9.17, 15) is 23.1 Å². The second-order valence-corrected chi connectivity index (χ2v) is 12.9. The van der Waals surface area contributed by atoms with Crippen molar-refractivity contribution < 1.29 is 23.1 Å². The molecule has 1 heterocycles. The van der Waals surface area contributed by atoms with Crippen molar-refractivity contribution in [2.24, 2.45) is 5.92 Å². The van der Waals surface area contributed by atoms with Gasteiger partial charge in [-0.3, -0.25) is 14.6 Å². The number of hydrogen-bond acceptors (Lipinski definition) is 7. The highest BCUT2D eigenvalue weighted by molar-refractivity contribution is 7.89. The molecule has 5 N–H and O–H groups in total. The number of pyridine rings is 1. The van der Waals surface area contributed by atoms with Crippen molar-refractivity contribution in [3.63, 3.8) is 0 Å². The highest BCUT2D eigenvalue weighted by Gasteiger charge is 2.31. The number of aryl methyl sites for hydroxylation is 1. The highest BCUT2D eigenvalue weighted by atomic mass is 32.2. The standard InChI is InChI=1S/C32H43N5O5S/c1-23(2)21-37(43(41,42)29-13-11-27(33)12-14-29)28(22-38)10-6-7-17-35-32(40)30(20-26-9-5-4-8-24(26)3)36-31(39)25-15-18-34-19-16-25/h4-5,8-9,11-16,18-19,23,28,30,38H,6-7,10,17,20-22,33H2,1-3H3,(H,35,40)(H,36,39)/t28-,30-/m0/s1. The van der Waals surface area contributed by atoms with Gasteiger partial charge in [-0.05, 0) is 73.2 Å². The number of carbonyl (C=O) groups excluding carboxylic acids is 2. The number of rotatable bonds is 16. The number of nitrogens with one attached hydrogen (secondary N) is 2. The number of unbranched alkanes of at least 4 members (excludes halogenated alkanes) is 1. The van der Waals surface area contributed by atoms with Gasteiger partial charge in [-0.1, -0.05) is 44.5 Å². The van der Waals surface area contributed by atoms with E-state index in [-0.39, 0.29) is 35.8 Å². The molecule has 3 rings (SSSR count). The Labute approximate surface area is 254 Å². The van der Waals surface area contributed by atoms with Gasteiger partial charge in [0.1, 0.15) is 6.04 Å². The van der Waals surface area contributed by atoms with Crippen LogP contribution in [0.4, 0.5) is 5.69 Å². The first-order valence-electron chi connectivity index (χ1n) is 14.5. The summed E-state index contributed by atoms with van der Waals surface area (Å²) in [4.78, 5) is 30.2. The quantitative estimate of drug-likeness (QED) is 0.143. The van der Waals surface area contributed by atoms with E-state index in [1.165, 1.54) is 28.8 Å². The van der Waals surface area contributed by atoms with E-state index in [0.717, 1.165) is 11.1 Å².